The maximum atomic E-state index is 12.6. The van der Waals surface area contributed by atoms with Crippen LogP contribution in [0, 0.1) is 0 Å². The zero-order valence-corrected chi connectivity index (χ0v) is 9.86. The summed E-state index contributed by atoms with van der Waals surface area (Å²) >= 11 is 0. The van der Waals surface area contributed by atoms with E-state index in [1.165, 1.54) is 13.0 Å². The first-order valence-corrected chi connectivity index (χ1v) is 5.33. The van der Waals surface area contributed by atoms with Crippen molar-refractivity contribution >= 4 is 11.9 Å². The van der Waals surface area contributed by atoms with Crippen LogP contribution in [0.2, 0.25) is 0 Å². The molecule has 1 amide bonds. The van der Waals surface area contributed by atoms with E-state index in [1.54, 1.807) is 0 Å². The average molecular weight is 276 g/mol. The molecule has 0 aliphatic carbocycles. The number of nitrogens with zero attached hydrogens (tertiary/aromatic N) is 1. The Balaban J connectivity index is 3.04. The molecule has 1 unspecified atom stereocenters. The molecule has 0 fully saturated rings. The van der Waals surface area contributed by atoms with Gasteiger partial charge in [0.1, 0.15) is 6.04 Å². The Morgan fingerprint density at radius 1 is 1.47 bits per heavy atom. The molecule has 0 radical (unpaired) electrons. The number of amides is 1. The summed E-state index contributed by atoms with van der Waals surface area (Å²) < 4.78 is 37.9. The molecule has 0 saturated heterocycles. The average Bonchev–Trinajstić information content (AvgIpc) is 2.34. The second kappa shape index (κ2) is 5.68. The number of hydrogen-bond donors (Lipinski definition) is 2. The minimum Gasteiger partial charge on any atom is -0.480 e. The summed E-state index contributed by atoms with van der Waals surface area (Å²) in [4.78, 5) is 25.5. The van der Waals surface area contributed by atoms with Crippen LogP contribution < -0.4 is 5.32 Å². The maximum absolute atomic E-state index is 12.6. The minimum atomic E-state index is -4.78. The van der Waals surface area contributed by atoms with Crippen molar-refractivity contribution in [1.29, 1.82) is 0 Å². The fourth-order valence-electron chi connectivity index (χ4n) is 1.39. The van der Waals surface area contributed by atoms with Crippen LogP contribution >= 0.6 is 0 Å². The van der Waals surface area contributed by atoms with E-state index in [0.29, 0.717) is 0 Å². The molecule has 1 aromatic rings. The molecule has 1 aromatic heterocycles. The van der Waals surface area contributed by atoms with Gasteiger partial charge in [0.15, 0.2) is 5.69 Å². The second-order valence-corrected chi connectivity index (χ2v) is 3.67. The molecule has 0 saturated carbocycles. The van der Waals surface area contributed by atoms with E-state index in [0.717, 1.165) is 12.3 Å². The molecule has 8 heteroatoms. The number of carbonyl (C=O) groups is 2. The summed E-state index contributed by atoms with van der Waals surface area (Å²) in [6.07, 6.45) is -3.81. The summed E-state index contributed by atoms with van der Waals surface area (Å²) in [7, 11) is 0. The fraction of sp³-hybridized carbons (Fsp3) is 0.364. The Labute approximate surface area is 106 Å². The molecule has 5 nitrogen and oxygen atoms in total. The molecule has 0 bridgehead atoms. The van der Waals surface area contributed by atoms with Crippen LogP contribution in [0.15, 0.2) is 18.3 Å². The highest BCUT2D eigenvalue weighted by molar-refractivity contribution is 5.97. The molecule has 19 heavy (non-hydrogen) atoms. The number of rotatable bonds is 4. The fourth-order valence-corrected chi connectivity index (χ4v) is 1.39. The van der Waals surface area contributed by atoms with E-state index in [9.17, 15) is 22.8 Å². The standard InChI is InChI=1S/C11H11F3N2O3/c1-2-7(10(18)19)16-9(17)6-4-3-5-15-8(6)11(12,13)14/h3-5,7H,2H2,1H3,(H,16,17)(H,18,19). The van der Waals surface area contributed by atoms with Gasteiger partial charge in [0.25, 0.3) is 5.91 Å². The molecule has 1 rings (SSSR count). The van der Waals surface area contributed by atoms with Gasteiger partial charge in [-0.05, 0) is 18.6 Å². The molecule has 0 aromatic carbocycles. The van der Waals surface area contributed by atoms with Crippen LogP contribution in [0.3, 0.4) is 0 Å². The van der Waals surface area contributed by atoms with Crippen molar-refractivity contribution in [2.45, 2.75) is 25.6 Å². The largest absolute Gasteiger partial charge is 0.480 e. The van der Waals surface area contributed by atoms with Gasteiger partial charge >= 0.3 is 12.1 Å². The van der Waals surface area contributed by atoms with Crippen LogP contribution in [0.1, 0.15) is 29.4 Å². The van der Waals surface area contributed by atoms with Crippen LogP contribution in [0.5, 0.6) is 0 Å². The number of nitrogens with one attached hydrogen (secondary N) is 1. The van der Waals surface area contributed by atoms with E-state index < -0.39 is 35.4 Å². The minimum absolute atomic E-state index is 0.0582. The van der Waals surface area contributed by atoms with Crippen LogP contribution in [0.4, 0.5) is 13.2 Å². The molecular weight excluding hydrogens is 265 g/mol. The van der Waals surface area contributed by atoms with Gasteiger partial charge in [-0.3, -0.25) is 9.78 Å². The number of halogens is 3. The lowest BCUT2D eigenvalue weighted by molar-refractivity contribution is -0.141. The summed E-state index contributed by atoms with van der Waals surface area (Å²) in [5.74, 6) is -2.43. The lowest BCUT2D eigenvalue weighted by atomic mass is 10.1. The van der Waals surface area contributed by atoms with Gasteiger partial charge in [0, 0.05) is 6.20 Å². The summed E-state index contributed by atoms with van der Waals surface area (Å²) in [6, 6.07) is 0.875. The van der Waals surface area contributed by atoms with Crippen molar-refractivity contribution in [3.63, 3.8) is 0 Å². The van der Waals surface area contributed by atoms with Crippen LogP contribution in [0.25, 0.3) is 0 Å². The Hall–Kier alpha value is -2.12. The molecular formula is C11H11F3N2O3. The van der Waals surface area contributed by atoms with Crippen LogP contribution in [-0.4, -0.2) is 28.0 Å². The molecule has 0 spiro atoms. The number of pyridine rings is 1. The van der Waals surface area contributed by atoms with Gasteiger partial charge in [-0.2, -0.15) is 13.2 Å². The molecule has 1 heterocycles. The van der Waals surface area contributed by atoms with Gasteiger partial charge in [0.2, 0.25) is 0 Å². The van der Waals surface area contributed by atoms with Crippen LogP contribution in [-0.2, 0) is 11.0 Å². The van der Waals surface area contributed by atoms with E-state index in [1.807, 2.05) is 5.32 Å². The zero-order chi connectivity index (χ0) is 14.6. The van der Waals surface area contributed by atoms with E-state index in [4.69, 9.17) is 5.11 Å². The van der Waals surface area contributed by atoms with Crippen molar-refractivity contribution < 1.29 is 27.9 Å². The first-order chi connectivity index (χ1) is 8.77. The molecule has 104 valence electrons. The first-order valence-electron chi connectivity index (χ1n) is 5.33. The quantitative estimate of drug-likeness (QED) is 0.877. The van der Waals surface area contributed by atoms with Gasteiger partial charge in [-0.25, -0.2) is 4.79 Å². The Bertz CT molecular complexity index is 488. The van der Waals surface area contributed by atoms with Gasteiger partial charge < -0.3 is 10.4 Å². The number of aromatic nitrogens is 1. The molecule has 0 aliphatic rings. The highest BCUT2D eigenvalue weighted by Gasteiger charge is 2.37. The Morgan fingerprint density at radius 3 is 2.58 bits per heavy atom. The lowest BCUT2D eigenvalue weighted by Gasteiger charge is -2.15. The number of aliphatic carboxylic acids is 1. The number of carbonyl (C=O) groups excluding carboxylic acids is 1. The van der Waals surface area contributed by atoms with Crippen molar-refractivity contribution in [2.75, 3.05) is 0 Å². The number of alkyl halides is 3. The van der Waals surface area contributed by atoms with Crippen molar-refractivity contribution in [3.8, 4) is 0 Å². The first kappa shape index (κ1) is 14.9. The molecule has 1 atom stereocenters. The number of carboxylic acid groups (broad SMARTS) is 1. The number of carboxylic acids is 1. The predicted octanol–water partition coefficient (Wildman–Crippen LogP) is 1.69. The van der Waals surface area contributed by atoms with Gasteiger partial charge in [-0.1, -0.05) is 6.92 Å². The monoisotopic (exact) mass is 276 g/mol. The highest BCUT2D eigenvalue weighted by atomic mass is 19.4. The third kappa shape index (κ3) is 3.67. The zero-order valence-electron chi connectivity index (χ0n) is 9.86. The normalized spacial score (nSPS) is 12.8. The maximum Gasteiger partial charge on any atom is 0.434 e. The highest BCUT2D eigenvalue weighted by Crippen LogP contribution is 2.29. The summed E-state index contributed by atoms with van der Waals surface area (Å²) in [5.41, 5.74) is -2.04. The van der Waals surface area contributed by atoms with Gasteiger partial charge in [0.05, 0.1) is 5.56 Å². The third-order valence-corrected chi connectivity index (χ3v) is 2.33. The predicted molar refractivity (Wildman–Crippen MR) is 58.4 cm³/mol. The second-order valence-electron chi connectivity index (χ2n) is 3.67. The lowest BCUT2D eigenvalue weighted by Crippen LogP contribution is -2.41. The smallest absolute Gasteiger partial charge is 0.434 e. The summed E-state index contributed by atoms with van der Waals surface area (Å²) in [5, 5.41) is 10.8. The van der Waals surface area contributed by atoms with Gasteiger partial charge in [-0.15, -0.1) is 0 Å². The number of hydrogen-bond acceptors (Lipinski definition) is 3. The van der Waals surface area contributed by atoms with Crippen molar-refractivity contribution in [2.24, 2.45) is 0 Å². The van der Waals surface area contributed by atoms with E-state index in [2.05, 4.69) is 4.98 Å². The Kier molecular flexibility index (Phi) is 4.47. The van der Waals surface area contributed by atoms with Crippen molar-refractivity contribution in [3.05, 3.63) is 29.6 Å². The third-order valence-electron chi connectivity index (χ3n) is 2.33. The summed E-state index contributed by atoms with van der Waals surface area (Å²) in [6.45, 7) is 1.49. The Morgan fingerprint density at radius 2 is 2.11 bits per heavy atom. The van der Waals surface area contributed by atoms with E-state index >= 15 is 0 Å². The molecule has 2 N–H and O–H groups in total. The SMILES string of the molecule is CCC(NC(=O)c1cccnc1C(F)(F)F)C(=O)O. The van der Waals surface area contributed by atoms with Crippen molar-refractivity contribution in [1.82, 2.24) is 10.3 Å². The molecule has 0 aliphatic heterocycles. The van der Waals surface area contributed by atoms with E-state index in [-0.39, 0.29) is 6.42 Å². The topological polar surface area (TPSA) is 79.3 Å².